The van der Waals surface area contributed by atoms with E-state index in [4.69, 9.17) is 22.1 Å². The number of benzene rings is 1. The van der Waals surface area contributed by atoms with E-state index >= 15 is 0 Å². The standard InChI is InChI=1S/C17H19ClN2O/c1-12-16(13-2-4-14(18)5-3-13)8-15(9-20-12)21-11-17(10-19)6-7-17/h2-5,8-9H,6-7,10-11,19H2,1H3. The molecule has 0 radical (unpaired) electrons. The quantitative estimate of drug-likeness (QED) is 0.913. The Bertz CT molecular complexity index is 636. The van der Waals surface area contributed by atoms with Crippen LogP contribution in [0.5, 0.6) is 5.75 Å². The minimum absolute atomic E-state index is 0.200. The van der Waals surface area contributed by atoms with Crippen LogP contribution < -0.4 is 10.5 Å². The zero-order valence-corrected chi connectivity index (χ0v) is 12.9. The fourth-order valence-corrected chi connectivity index (χ4v) is 2.46. The molecule has 1 saturated carbocycles. The van der Waals surface area contributed by atoms with Gasteiger partial charge in [-0.1, -0.05) is 23.7 Å². The van der Waals surface area contributed by atoms with E-state index in [1.54, 1.807) is 6.20 Å². The molecule has 21 heavy (non-hydrogen) atoms. The molecule has 4 heteroatoms. The second kappa shape index (κ2) is 5.66. The third-order valence-corrected chi connectivity index (χ3v) is 4.40. The Hall–Kier alpha value is -1.58. The summed E-state index contributed by atoms with van der Waals surface area (Å²) in [7, 11) is 0. The van der Waals surface area contributed by atoms with Crippen molar-refractivity contribution in [3.8, 4) is 16.9 Å². The van der Waals surface area contributed by atoms with Gasteiger partial charge in [-0.2, -0.15) is 0 Å². The zero-order valence-electron chi connectivity index (χ0n) is 12.1. The van der Waals surface area contributed by atoms with E-state index in [1.165, 1.54) is 0 Å². The van der Waals surface area contributed by atoms with Gasteiger partial charge in [-0.3, -0.25) is 4.98 Å². The monoisotopic (exact) mass is 302 g/mol. The topological polar surface area (TPSA) is 48.1 Å². The fraction of sp³-hybridized carbons (Fsp3) is 0.353. The molecule has 2 aromatic rings. The van der Waals surface area contributed by atoms with Crippen LogP contribution in [-0.4, -0.2) is 18.1 Å². The molecular formula is C17H19ClN2O. The van der Waals surface area contributed by atoms with Gasteiger partial charge < -0.3 is 10.5 Å². The van der Waals surface area contributed by atoms with E-state index in [0.29, 0.717) is 13.2 Å². The van der Waals surface area contributed by atoms with Gasteiger partial charge in [0, 0.05) is 28.2 Å². The molecule has 3 nitrogen and oxygen atoms in total. The third-order valence-electron chi connectivity index (χ3n) is 4.15. The van der Waals surface area contributed by atoms with E-state index in [9.17, 15) is 0 Å². The van der Waals surface area contributed by atoms with Gasteiger partial charge in [0.2, 0.25) is 0 Å². The van der Waals surface area contributed by atoms with E-state index < -0.39 is 0 Å². The first-order valence-corrected chi connectivity index (χ1v) is 7.55. The first kappa shape index (κ1) is 14.4. The maximum atomic E-state index is 5.94. The van der Waals surface area contributed by atoms with Gasteiger partial charge in [-0.05, 0) is 43.5 Å². The van der Waals surface area contributed by atoms with Crippen LogP contribution in [0, 0.1) is 12.3 Å². The van der Waals surface area contributed by atoms with Crippen LogP contribution in [0.1, 0.15) is 18.5 Å². The van der Waals surface area contributed by atoms with Crippen molar-refractivity contribution in [2.75, 3.05) is 13.2 Å². The third kappa shape index (κ3) is 3.20. The Kier molecular flexibility index (Phi) is 3.87. The van der Waals surface area contributed by atoms with Crippen LogP contribution >= 0.6 is 11.6 Å². The summed E-state index contributed by atoms with van der Waals surface area (Å²) in [6.45, 7) is 3.36. The highest BCUT2D eigenvalue weighted by atomic mass is 35.5. The number of aromatic nitrogens is 1. The van der Waals surface area contributed by atoms with Crippen LogP contribution in [0.2, 0.25) is 5.02 Å². The number of nitrogens with two attached hydrogens (primary N) is 1. The Morgan fingerprint density at radius 2 is 2.00 bits per heavy atom. The van der Waals surface area contributed by atoms with Crippen LogP contribution in [0.4, 0.5) is 0 Å². The van der Waals surface area contributed by atoms with Crippen molar-refractivity contribution in [3.63, 3.8) is 0 Å². The summed E-state index contributed by atoms with van der Waals surface area (Å²) in [4.78, 5) is 4.44. The molecule has 1 aliphatic rings. The van der Waals surface area contributed by atoms with Crippen LogP contribution in [0.3, 0.4) is 0 Å². The molecule has 0 unspecified atom stereocenters. The van der Waals surface area contributed by atoms with Crippen molar-refractivity contribution in [2.24, 2.45) is 11.1 Å². The van der Waals surface area contributed by atoms with E-state index in [0.717, 1.165) is 40.4 Å². The predicted octanol–water partition coefficient (Wildman–Crippen LogP) is 3.83. The fourth-order valence-electron chi connectivity index (χ4n) is 2.34. The lowest BCUT2D eigenvalue weighted by Crippen LogP contribution is -2.22. The molecule has 1 heterocycles. The number of ether oxygens (including phenoxy) is 1. The number of hydrogen-bond donors (Lipinski definition) is 1. The van der Waals surface area contributed by atoms with Crippen molar-refractivity contribution in [1.29, 1.82) is 0 Å². The summed E-state index contributed by atoms with van der Waals surface area (Å²) in [5.74, 6) is 0.797. The summed E-state index contributed by atoms with van der Waals surface area (Å²) < 4.78 is 5.90. The average Bonchev–Trinajstić information content (AvgIpc) is 3.28. The zero-order chi connectivity index (χ0) is 14.9. The van der Waals surface area contributed by atoms with E-state index in [1.807, 2.05) is 37.3 Å². The van der Waals surface area contributed by atoms with Crippen molar-refractivity contribution in [3.05, 3.63) is 47.2 Å². The molecule has 0 aliphatic heterocycles. The first-order chi connectivity index (χ1) is 10.1. The van der Waals surface area contributed by atoms with Crippen molar-refractivity contribution in [1.82, 2.24) is 4.98 Å². The minimum Gasteiger partial charge on any atom is -0.491 e. The van der Waals surface area contributed by atoms with Gasteiger partial charge in [0.15, 0.2) is 0 Å². The summed E-state index contributed by atoms with van der Waals surface area (Å²) in [6.07, 6.45) is 4.10. The molecule has 2 N–H and O–H groups in total. The molecule has 3 rings (SSSR count). The lowest BCUT2D eigenvalue weighted by molar-refractivity contribution is 0.238. The Balaban J connectivity index is 1.81. The normalized spacial score (nSPS) is 15.8. The van der Waals surface area contributed by atoms with E-state index in [-0.39, 0.29) is 5.41 Å². The number of aryl methyl sites for hydroxylation is 1. The first-order valence-electron chi connectivity index (χ1n) is 7.17. The average molecular weight is 303 g/mol. The van der Waals surface area contributed by atoms with Crippen molar-refractivity contribution >= 4 is 11.6 Å². The second-order valence-electron chi connectivity index (χ2n) is 5.80. The molecule has 0 amide bonds. The van der Waals surface area contributed by atoms with Crippen LogP contribution in [0.25, 0.3) is 11.1 Å². The maximum Gasteiger partial charge on any atom is 0.138 e. The Morgan fingerprint density at radius 3 is 2.62 bits per heavy atom. The van der Waals surface area contributed by atoms with Gasteiger partial charge in [0.1, 0.15) is 5.75 Å². The number of pyridine rings is 1. The molecule has 1 fully saturated rings. The van der Waals surface area contributed by atoms with Gasteiger partial charge in [0.05, 0.1) is 12.8 Å². The van der Waals surface area contributed by atoms with Gasteiger partial charge in [-0.15, -0.1) is 0 Å². The molecule has 1 aromatic carbocycles. The molecule has 110 valence electrons. The number of rotatable bonds is 5. The highest BCUT2D eigenvalue weighted by Gasteiger charge is 2.42. The SMILES string of the molecule is Cc1ncc(OCC2(CN)CC2)cc1-c1ccc(Cl)cc1. The van der Waals surface area contributed by atoms with E-state index in [2.05, 4.69) is 4.98 Å². The molecule has 0 spiro atoms. The van der Waals surface area contributed by atoms with Gasteiger partial charge >= 0.3 is 0 Å². The van der Waals surface area contributed by atoms with Crippen molar-refractivity contribution < 1.29 is 4.74 Å². The highest BCUT2D eigenvalue weighted by molar-refractivity contribution is 6.30. The maximum absolute atomic E-state index is 5.94. The molecule has 0 bridgehead atoms. The smallest absolute Gasteiger partial charge is 0.138 e. The molecule has 0 saturated heterocycles. The number of hydrogen-bond acceptors (Lipinski definition) is 3. The summed E-state index contributed by atoms with van der Waals surface area (Å²) in [5, 5.41) is 0.732. The van der Waals surface area contributed by atoms with Gasteiger partial charge in [0.25, 0.3) is 0 Å². The molecular weight excluding hydrogens is 284 g/mol. The number of halogens is 1. The molecule has 0 atom stereocenters. The highest BCUT2D eigenvalue weighted by Crippen LogP contribution is 2.44. The second-order valence-corrected chi connectivity index (χ2v) is 6.24. The predicted molar refractivity (Wildman–Crippen MR) is 85.6 cm³/mol. The Morgan fingerprint density at radius 1 is 1.29 bits per heavy atom. The summed E-state index contributed by atoms with van der Waals surface area (Å²) in [6, 6.07) is 9.81. The van der Waals surface area contributed by atoms with Crippen LogP contribution in [-0.2, 0) is 0 Å². The van der Waals surface area contributed by atoms with Crippen LogP contribution in [0.15, 0.2) is 36.5 Å². The molecule has 1 aliphatic carbocycles. The summed E-state index contributed by atoms with van der Waals surface area (Å²) >= 11 is 5.94. The van der Waals surface area contributed by atoms with Gasteiger partial charge in [-0.25, -0.2) is 0 Å². The largest absolute Gasteiger partial charge is 0.491 e. The summed E-state index contributed by atoms with van der Waals surface area (Å²) in [5.41, 5.74) is 9.12. The lowest BCUT2D eigenvalue weighted by atomic mass is 10.0. The number of nitrogens with zero attached hydrogens (tertiary/aromatic N) is 1. The Labute approximate surface area is 130 Å². The lowest BCUT2D eigenvalue weighted by Gasteiger charge is -2.15. The van der Waals surface area contributed by atoms with Crippen molar-refractivity contribution in [2.45, 2.75) is 19.8 Å². The minimum atomic E-state index is 0.200. The molecule has 1 aromatic heterocycles.